The molecule has 0 atom stereocenters. The van der Waals surface area contributed by atoms with Gasteiger partial charge < -0.3 is 15.1 Å². The maximum Gasteiger partial charge on any atom is 0.317 e. The fourth-order valence-electron chi connectivity index (χ4n) is 2.84. The first-order valence-electron chi connectivity index (χ1n) is 7.83. The molecule has 116 valence electrons. The van der Waals surface area contributed by atoms with E-state index in [0.29, 0.717) is 5.92 Å². The van der Waals surface area contributed by atoms with Crippen molar-refractivity contribution in [3.05, 3.63) is 29.3 Å². The molecule has 0 unspecified atom stereocenters. The SMILES string of the molecule is Cc1cccc(C)c1N1CCN(C(=O)NCC(C)C)CC1. The molecule has 1 aliphatic rings. The van der Waals surface area contributed by atoms with E-state index in [9.17, 15) is 4.79 Å². The molecule has 0 bridgehead atoms. The lowest BCUT2D eigenvalue weighted by molar-refractivity contribution is 0.193. The molecule has 1 aromatic rings. The number of aryl methyl sites for hydroxylation is 2. The molecule has 1 heterocycles. The summed E-state index contributed by atoms with van der Waals surface area (Å²) in [7, 11) is 0. The maximum absolute atomic E-state index is 12.1. The van der Waals surface area contributed by atoms with Crippen molar-refractivity contribution in [2.75, 3.05) is 37.6 Å². The Morgan fingerprint density at radius 3 is 2.24 bits per heavy atom. The van der Waals surface area contributed by atoms with Gasteiger partial charge in [0.2, 0.25) is 0 Å². The van der Waals surface area contributed by atoms with Gasteiger partial charge in [-0.05, 0) is 30.9 Å². The number of amides is 2. The van der Waals surface area contributed by atoms with E-state index in [1.807, 2.05) is 4.90 Å². The lowest BCUT2D eigenvalue weighted by Gasteiger charge is -2.37. The number of hydrogen-bond donors (Lipinski definition) is 1. The van der Waals surface area contributed by atoms with E-state index in [0.717, 1.165) is 32.7 Å². The van der Waals surface area contributed by atoms with Gasteiger partial charge in [-0.2, -0.15) is 0 Å². The summed E-state index contributed by atoms with van der Waals surface area (Å²) in [6.07, 6.45) is 0. The predicted octanol–water partition coefficient (Wildman–Crippen LogP) is 2.79. The minimum atomic E-state index is 0.0739. The Labute approximate surface area is 128 Å². The number of carbonyl (C=O) groups excluding carboxylic acids is 1. The Hall–Kier alpha value is -1.71. The highest BCUT2D eigenvalue weighted by atomic mass is 16.2. The van der Waals surface area contributed by atoms with E-state index < -0.39 is 0 Å². The first-order chi connectivity index (χ1) is 9.99. The summed E-state index contributed by atoms with van der Waals surface area (Å²) < 4.78 is 0. The highest BCUT2D eigenvalue weighted by molar-refractivity contribution is 5.74. The third kappa shape index (κ3) is 3.90. The summed E-state index contributed by atoms with van der Waals surface area (Å²) in [5, 5.41) is 3.00. The van der Waals surface area contributed by atoms with Crippen LogP contribution in [0.3, 0.4) is 0 Å². The van der Waals surface area contributed by atoms with Crippen LogP contribution in [0.5, 0.6) is 0 Å². The largest absolute Gasteiger partial charge is 0.368 e. The minimum Gasteiger partial charge on any atom is -0.368 e. The van der Waals surface area contributed by atoms with Crippen LogP contribution in [0.25, 0.3) is 0 Å². The molecule has 0 radical (unpaired) electrons. The summed E-state index contributed by atoms with van der Waals surface area (Å²) in [6.45, 7) is 12.7. The van der Waals surface area contributed by atoms with Crippen LogP contribution >= 0.6 is 0 Å². The van der Waals surface area contributed by atoms with Gasteiger partial charge >= 0.3 is 6.03 Å². The van der Waals surface area contributed by atoms with Crippen molar-refractivity contribution in [1.82, 2.24) is 10.2 Å². The van der Waals surface area contributed by atoms with E-state index in [-0.39, 0.29) is 6.03 Å². The van der Waals surface area contributed by atoms with Crippen molar-refractivity contribution in [3.63, 3.8) is 0 Å². The Bertz CT molecular complexity index is 471. The second-order valence-electron chi connectivity index (χ2n) is 6.29. The van der Waals surface area contributed by atoms with Gasteiger partial charge in [-0.15, -0.1) is 0 Å². The Balaban J connectivity index is 1.93. The van der Waals surface area contributed by atoms with Crippen molar-refractivity contribution >= 4 is 11.7 Å². The number of carbonyl (C=O) groups is 1. The molecule has 1 aromatic carbocycles. The monoisotopic (exact) mass is 289 g/mol. The van der Waals surface area contributed by atoms with E-state index in [4.69, 9.17) is 0 Å². The van der Waals surface area contributed by atoms with Crippen LogP contribution in [0.2, 0.25) is 0 Å². The third-order valence-electron chi connectivity index (χ3n) is 3.98. The van der Waals surface area contributed by atoms with Crippen LogP contribution in [0.15, 0.2) is 18.2 Å². The maximum atomic E-state index is 12.1. The number of nitrogens with zero attached hydrogens (tertiary/aromatic N) is 2. The molecular formula is C17H27N3O. The van der Waals surface area contributed by atoms with Crippen LogP contribution in [-0.2, 0) is 0 Å². The van der Waals surface area contributed by atoms with Crippen LogP contribution in [-0.4, -0.2) is 43.7 Å². The molecule has 2 amide bonds. The summed E-state index contributed by atoms with van der Waals surface area (Å²) in [4.78, 5) is 16.4. The summed E-state index contributed by atoms with van der Waals surface area (Å²) >= 11 is 0. The Kier molecular flexibility index (Phi) is 5.10. The molecule has 4 heteroatoms. The standard InChI is InChI=1S/C17H27N3O/c1-13(2)12-18-17(21)20-10-8-19(9-11-20)16-14(3)6-5-7-15(16)4/h5-7,13H,8-12H2,1-4H3,(H,18,21). The molecule has 0 saturated carbocycles. The van der Waals surface area contributed by atoms with Crippen molar-refractivity contribution in [2.24, 2.45) is 5.92 Å². The van der Waals surface area contributed by atoms with Crippen LogP contribution < -0.4 is 10.2 Å². The molecule has 0 aliphatic carbocycles. The molecule has 4 nitrogen and oxygen atoms in total. The van der Waals surface area contributed by atoms with E-state index in [2.05, 4.69) is 56.1 Å². The molecule has 1 saturated heterocycles. The second kappa shape index (κ2) is 6.83. The number of anilines is 1. The van der Waals surface area contributed by atoms with E-state index in [1.165, 1.54) is 16.8 Å². The lowest BCUT2D eigenvalue weighted by Crippen LogP contribution is -2.52. The quantitative estimate of drug-likeness (QED) is 0.928. The number of nitrogens with one attached hydrogen (secondary N) is 1. The number of hydrogen-bond acceptors (Lipinski definition) is 2. The summed E-state index contributed by atoms with van der Waals surface area (Å²) in [5.41, 5.74) is 3.96. The number of para-hydroxylation sites is 1. The first-order valence-corrected chi connectivity index (χ1v) is 7.83. The zero-order valence-corrected chi connectivity index (χ0v) is 13.6. The van der Waals surface area contributed by atoms with E-state index >= 15 is 0 Å². The van der Waals surface area contributed by atoms with Crippen LogP contribution in [0.4, 0.5) is 10.5 Å². The lowest BCUT2D eigenvalue weighted by atomic mass is 10.1. The van der Waals surface area contributed by atoms with Crippen LogP contribution in [0, 0.1) is 19.8 Å². The Morgan fingerprint density at radius 2 is 1.71 bits per heavy atom. The molecule has 0 spiro atoms. The summed E-state index contributed by atoms with van der Waals surface area (Å²) in [6, 6.07) is 6.49. The van der Waals surface area contributed by atoms with Gasteiger partial charge in [-0.1, -0.05) is 32.0 Å². The van der Waals surface area contributed by atoms with Crippen molar-refractivity contribution < 1.29 is 4.79 Å². The average Bonchev–Trinajstić information content (AvgIpc) is 2.45. The fourth-order valence-corrected chi connectivity index (χ4v) is 2.84. The van der Waals surface area contributed by atoms with Gasteiger partial charge in [0.05, 0.1) is 0 Å². The number of urea groups is 1. The van der Waals surface area contributed by atoms with Gasteiger partial charge in [-0.3, -0.25) is 0 Å². The fraction of sp³-hybridized carbons (Fsp3) is 0.588. The number of piperazine rings is 1. The molecule has 1 N–H and O–H groups in total. The first kappa shape index (κ1) is 15.7. The molecule has 1 fully saturated rings. The van der Waals surface area contributed by atoms with Gasteiger partial charge in [0, 0.05) is 38.4 Å². The molecule has 21 heavy (non-hydrogen) atoms. The van der Waals surface area contributed by atoms with E-state index in [1.54, 1.807) is 0 Å². The number of rotatable bonds is 3. The molecule has 0 aromatic heterocycles. The zero-order valence-electron chi connectivity index (χ0n) is 13.6. The highest BCUT2D eigenvalue weighted by Crippen LogP contribution is 2.25. The highest BCUT2D eigenvalue weighted by Gasteiger charge is 2.22. The number of benzene rings is 1. The van der Waals surface area contributed by atoms with Crippen molar-refractivity contribution in [1.29, 1.82) is 0 Å². The minimum absolute atomic E-state index is 0.0739. The second-order valence-corrected chi connectivity index (χ2v) is 6.29. The molecular weight excluding hydrogens is 262 g/mol. The van der Waals surface area contributed by atoms with Crippen molar-refractivity contribution in [3.8, 4) is 0 Å². The van der Waals surface area contributed by atoms with Gasteiger partial charge in [0.15, 0.2) is 0 Å². The average molecular weight is 289 g/mol. The summed E-state index contributed by atoms with van der Waals surface area (Å²) in [5.74, 6) is 0.491. The van der Waals surface area contributed by atoms with Crippen LogP contribution in [0.1, 0.15) is 25.0 Å². The Morgan fingerprint density at radius 1 is 1.14 bits per heavy atom. The smallest absolute Gasteiger partial charge is 0.317 e. The normalized spacial score (nSPS) is 15.5. The predicted molar refractivity (Wildman–Crippen MR) is 87.9 cm³/mol. The molecule has 1 aliphatic heterocycles. The van der Waals surface area contributed by atoms with Crippen molar-refractivity contribution in [2.45, 2.75) is 27.7 Å². The van der Waals surface area contributed by atoms with Gasteiger partial charge in [0.1, 0.15) is 0 Å². The van der Waals surface area contributed by atoms with Gasteiger partial charge in [0.25, 0.3) is 0 Å². The molecule has 2 rings (SSSR count). The van der Waals surface area contributed by atoms with Gasteiger partial charge in [-0.25, -0.2) is 4.79 Å². The third-order valence-corrected chi connectivity index (χ3v) is 3.98. The zero-order chi connectivity index (χ0) is 15.4. The topological polar surface area (TPSA) is 35.6 Å².